The van der Waals surface area contributed by atoms with E-state index in [-0.39, 0.29) is 5.63 Å². The molecule has 0 N–H and O–H groups in total. The third-order valence-corrected chi connectivity index (χ3v) is 2.37. The summed E-state index contributed by atoms with van der Waals surface area (Å²) in [6.45, 7) is 3.86. The van der Waals surface area contributed by atoms with E-state index in [1.54, 1.807) is 0 Å². The van der Waals surface area contributed by atoms with Crippen LogP contribution >= 0.6 is 11.8 Å². The fraction of sp³-hybridized carbons (Fsp3) is 0.375. The Kier molecular flexibility index (Phi) is 2.39. The lowest BCUT2D eigenvalue weighted by Crippen LogP contribution is -2.00. The van der Waals surface area contributed by atoms with E-state index in [4.69, 9.17) is 4.42 Å². The molecule has 0 fully saturated rings. The van der Waals surface area contributed by atoms with Gasteiger partial charge >= 0.3 is 5.63 Å². The highest BCUT2D eigenvalue weighted by Crippen LogP contribution is 2.19. The Morgan fingerprint density at radius 1 is 1.45 bits per heavy atom. The maximum atomic E-state index is 10.8. The minimum absolute atomic E-state index is 0.266. The molecule has 0 saturated heterocycles. The smallest absolute Gasteiger partial charge is 0.336 e. The first-order valence-corrected chi connectivity index (χ1v) is 4.53. The lowest BCUT2D eigenvalue weighted by Gasteiger charge is -2.01. The highest BCUT2D eigenvalue weighted by Gasteiger charge is 2.03. The van der Waals surface area contributed by atoms with Gasteiger partial charge in [0.1, 0.15) is 0 Å². The van der Waals surface area contributed by atoms with Gasteiger partial charge in [-0.3, -0.25) is 0 Å². The Morgan fingerprint density at radius 2 is 2.09 bits per heavy atom. The Bertz CT molecular complexity index is 314. The molecule has 0 bridgehead atoms. The van der Waals surface area contributed by atoms with E-state index < -0.39 is 0 Å². The molecule has 0 atom stereocenters. The summed E-state index contributed by atoms with van der Waals surface area (Å²) in [5.41, 5.74) is 1.78. The van der Waals surface area contributed by atoms with Crippen LogP contribution < -0.4 is 5.63 Å². The average molecular weight is 170 g/mol. The number of aryl methyl sites for hydroxylation is 1. The SMILES string of the molecule is CSc1oc(=O)cc(C)c1C. The molecule has 0 aromatic carbocycles. The van der Waals surface area contributed by atoms with Gasteiger partial charge in [-0.25, -0.2) is 4.79 Å². The van der Waals surface area contributed by atoms with Crippen molar-refractivity contribution in [3.05, 3.63) is 27.6 Å². The normalized spacial score (nSPS) is 10.1. The standard InChI is InChI=1S/C8H10O2S/c1-5-4-7(9)10-8(11-3)6(5)2/h4H,1-3H3. The molecule has 3 heteroatoms. The summed E-state index contributed by atoms with van der Waals surface area (Å²) in [7, 11) is 0. The van der Waals surface area contributed by atoms with Gasteiger partial charge < -0.3 is 4.42 Å². The highest BCUT2D eigenvalue weighted by atomic mass is 32.2. The zero-order chi connectivity index (χ0) is 8.43. The maximum Gasteiger partial charge on any atom is 0.336 e. The van der Waals surface area contributed by atoms with Crippen LogP contribution in [-0.4, -0.2) is 6.26 Å². The molecular weight excluding hydrogens is 160 g/mol. The summed E-state index contributed by atoms with van der Waals surface area (Å²) in [6, 6.07) is 1.51. The number of rotatable bonds is 1. The van der Waals surface area contributed by atoms with E-state index in [0.29, 0.717) is 0 Å². The second kappa shape index (κ2) is 3.13. The van der Waals surface area contributed by atoms with Gasteiger partial charge in [-0.2, -0.15) is 0 Å². The molecule has 2 nitrogen and oxygen atoms in total. The van der Waals surface area contributed by atoms with Gasteiger partial charge in [0, 0.05) is 11.6 Å². The van der Waals surface area contributed by atoms with Crippen molar-refractivity contribution in [1.82, 2.24) is 0 Å². The Hall–Kier alpha value is -0.700. The molecule has 60 valence electrons. The van der Waals surface area contributed by atoms with Gasteiger partial charge in [0.25, 0.3) is 0 Å². The first-order chi connectivity index (χ1) is 5.15. The molecule has 0 amide bonds. The Balaban J connectivity index is 3.36. The molecule has 0 aliphatic rings. The molecule has 1 aromatic heterocycles. The molecule has 0 radical (unpaired) electrons. The molecule has 0 unspecified atom stereocenters. The molecular formula is C8H10O2S. The summed E-state index contributed by atoms with van der Waals surface area (Å²) in [5.74, 6) is 0. The largest absolute Gasteiger partial charge is 0.416 e. The summed E-state index contributed by atoms with van der Waals surface area (Å²) in [4.78, 5) is 10.8. The highest BCUT2D eigenvalue weighted by molar-refractivity contribution is 7.98. The predicted molar refractivity (Wildman–Crippen MR) is 46.2 cm³/mol. The molecule has 1 rings (SSSR count). The van der Waals surface area contributed by atoms with Crippen molar-refractivity contribution in [2.24, 2.45) is 0 Å². The van der Waals surface area contributed by atoms with E-state index in [2.05, 4.69) is 0 Å². The fourth-order valence-electron chi connectivity index (χ4n) is 0.838. The lowest BCUT2D eigenvalue weighted by atomic mass is 10.2. The molecule has 11 heavy (non-hydrogen) atoms. The first-order valence-electron chi connectivity index (χ1n) is 3.30. The molecule has 1 aromatic rings. The van der Waals surface area contributed by atoms with E-state index in [1.165, 1.54) is 17.8 Å². The van der Waals surface area contributed by atoms with Crippen molar-refractivity contribution in [3.63, 3.8) is 0 Å². The van der Waals surface area contributed by atoms with Crippen molar-refractivity contribution in [2.75, 3.05) is 6.26 Å². The van der Waals surface area contributed by atoms with Crippen LogP contribution in [0.1, 0.15) is 11.1 Å². The van der Waals surface area contributed by atoms with Gasteiger partial charge in [0.05, 0.1) is 0 Å². The fourth-order valence-corrected chi connectivity index (χ4v) is 1.47. The molecule has 0 aliphatic heterocycles. The van der Waals surface area contributed by atoms with Crippen LogP contribution in [0.25, 0.3) is 0 Å². The minimum Gasteiger partial charge on any atom is -0.416 e. The van der Waals surface area contributed by atoms with Crippen LogP contribution in [0.15, 0.2) is 20.4 Å². The average Bonchev–Trinajstić information content (AvgIpc) is 1.96. The Morgan fingerprint density at radius 3 is 2.64 bits per heavy atom. The van der Waals surface area contributed by atoms with Crippen LogP contribution in [0.3, 0.4) is 0 Å². The second-order valence-electron chi connectivity index (χ2n) is 2.37. The van der Waals surface area contributed by atoms with Crippen LogP contribution in [0, 0.1) is 13.8 Å². The van der Waals surface area contributed by atoms with Gasteiger partial charge in [-0.05, 0) is 25.7 Å². The minimum atomic E-state index is -0.266. The van der Waals surface area contributed by atoms with E-state index in [9.17, 15) is 4.79 Å². The monoisotopic (exact) mass is 170 g/mol. The van der Waals surface area contributed by atoms with Gasteiger partial charge in [-0.15, -0.1) is 0 Å². The van der Waals surface area contributed by atoms with Crippen molar-refractivity contribution >= 4 is 11.8 Å². The van der Waals surface area contributed by atoms with Crippen LogP contribution in [0.5, 0.6) is 0 Å². The maximum absolute atomic E-state index is 10.8. The van der Waals surface area contributed by atoms with Gasteiger partial charge in [-0.1, -0.05) is 11.8 Å². The van der Waals surface area contributed by atoms with Gasteiger partial charge in [0.15, 0.2) is 5.09 Å². The third kappa shape index (κ3) is 1.66. The Labute approximate surface area is 69.6 Å². The quantitative estimate of drug-likeness (QED) is 0.604. The van der Waals surface area contributed by atoms with Crippen LogP contribution in [0.2, 0.25) is 0 Å². The molecule has 1 heterocycles. The number of thioether (sulfide) groups is 1. The molecule has 0 spiro atoms. The summed E-state index contributed by atoms with van der Waals surface area (Å²) >= 11 is 1.46. The van der Waals surface area contributed by atoms with Crippen LogP contribution in [-0.2, 0) is 0 Å². The number of hydrogen-bond acceptors (Lipinski definition) is 3. The third-order valence-electron chi connectivity index (χ3n) is 1.61. The summed E-state index contributed by atoms with van der Waals surface area (Å²) in [6.07, 6.45) is 1.89. The molecule has 0 aliphatic carbocycles. The first kappa shape index (κ1) is 8.40. The summed E-state index contributed by atoms with van der Waals surface area (Å²) < 4.78 is 4.95. The van der Waals surface area contributed by atoms with E-state index in [1.807, 2.05) is 20.1 Å². The van der Waals surface area contributed by atoms with Crippen molar-refractivity contribution < 1.29 is 4.42 Å². The zero-order valence-electron chi connectivity index (χ0n) is 6.80. The number of hydrogen-bond donors (Lipinski definition) is 0. The van der Waals surface area contributed by atoms with E-state index >= 15 is 0 Å². The zero-order valence-corrected chi connectivity index (χ0v) is 7.62. The van der Waals surface area contributed by atoms with Crippen molar-refractivity contribution in [3.8, 4) is 0 Å². The summed E-state index contributed by atoms with van der Waals surface area (Å²) in [5, 5.41) is 0.718. The van der Waals surface area contributed by atoms with Crippen LogP contribution in [0.4, 0.5) is 0 Å². The lowest BCUT2D eigenvalue weighted by molar-refractivity contribution is 0.415. The van der Waals surface area contributed by atoms with Crippen molar-refractivity contribution in [1.29, 1.82) is 0 Å². The van der Waals surface area contributed by atoms with Crippen molar-refractivity contribution in [2.45, 2.75) is 18.9 Å². The van der Waals surface area contributed by atoms with Gasteiger partial charge in [0.2, 0.25) is 0 Å². The topological polar surface area (TPSA) is 30.2 Å². The second-order valence-corrected chi connectivity index (χ2v) is 3.14. The van der Waals surface area contributed by atoms with E-state index in [0.717, 1.165) is 16.2 Å². The predicted octanol–water partition coefficient (Wildman–Crippen LogP) is 1.98. The molecule has 0 saturated carbocycles.